The summed E-state index contributed by atoms with van der Waals surface area (Å²) in [5, 5.41) is 3.30. The summed E-state index contributed by atoms with van der Waals surface area (Å²) in [4.78, 5) is 36.0. The van der Waals surface area contributed by atoms with Crippen LogP contribution in [-0.2, 0) is 16.1 Å². The standard InChI is InChI=1S/C30H40FN5O3/c1-23-2-4-24(5-3-23)21-35(15-14-33-16-18-39-19-17-33)27-20-28(30(38)34-12-10-32-11-13-34)36(22-27)29(37)25-6-8-26(31)9-7-25/h2-9,27-28,32H,10-22H2,1H3. The minimum atomic E-state index is -0.533. The number of aryl methyl sites for hydroxylation is 1. The van der Waals surface area contributed by atoms with E-state index < -0.39 is 6.04 Å². The van der Waals surface area contributed by atoms with E-state index in [-0.39, 0.29) is 23.7 Å². The number of nitrogens with one attached hydrogen (secondary N) is 1. The molecule has 0 saturated carbocycles. The zero-order chi connectivity index (χ0) is 27.2. The quantitative estimate of drug-likeness (QED) is 0.556. The Labute approximate surface area is 230 Å². The van der Waals surface area contributed by atoms with E-state index in [0.717, 1.165) is 59.0 Å². The number of nitrogens with zero attached hydrogens (tertiary/aromatic N) is 4. The molecule has 2 aromatic carbocycles. The molecule has 0 aromatic heterocycles. The van der Waals surface area contributed by atoms with Crippen LogP contribution in [0.5, 0.6) is 0 Å². The molecule has 0 spiro atoms. The Morgan fingerprint density at radius 3 is 2.38 bits per heavy atom. The van der Waals surface area contributed by atoms with Gasteiger partial charge in [-0.05, 0) is 43.2 Å². The minimum Gasteiger partial charge on any atom is -0.379 e. The lowest BCUT2D eigenvalue weighted by Gasteiger charge is -2.33. The second-order valence-electron chi connectivity index (χ2n) is 10.9. The average Bonchev–Trinajstić information content (AvgIpc) is 3.42. The highest BCUT2D eigenvalue weighted by Crippen LogP contribution is 2.28. The second kappa shape index (κ2) is 13.0. The van der Waals surface area contributed by atoms with Gasteiger partial charge in [0, 0.05) is 77.1 Å². The van der Waals surface area contributed by atoms with Gasteiger partial charge in [0.2, 0.25) is 5.91 Å². The first-order valence-electron chi connectivity index (χ1n) is 14.1. The number of amides is 2. The predicted octanol–water partition coefficient (Wildman–Crippen LogP) is 1.98. The van der Waals surface area contributed by atoms with Crippen molar-refractivity contribution >= 4 is 11.8 Å². The lowest BCUT2D eigenvalue weighted by molar-refractivity contribution is -0.135. The van der Waals surface area contributed by atoms with Gasteiger partial charge in [0.25, 0.3) is 5.91 Å². The van der Waals surface area contributed by atoms with Crippen LogP contribution in [0.25, 0.3) is 0 Å². The monoisotopic (exact) mass is 537 g/mol. The molecule has 2 aromatic rings. The van der Waals surface area contributed by atoms with Crippen molar-refractivity contribution < 1.29 is 18.7 Å². The van der Waals surface area contributed by atoms with Crippen molar-refractivity contribution in [2.45, 2.75) is 32.0 Å². The van der Waals surface area contributed by atoms with E-state index in [4.69, 9.17) is 4.74 Å². The van der Waals surface area contributed by atoms with Crippen molar-refractivity contribution in [1.82, 2.24) is 24.9 Å². The summed E-state index contributed by atoms with van der Waals surface area (Å²) in [6.45, 7) is 11.2. The maximum Gasteiger partial charge on any atom is 0.254 e. The maximum atomic E-state index is 13.8. The fraction of sp³-hybridized carbons (Fsp3) is 0.533. The van der Waals surface area contributed by atoms with Gasteiger partial charge in [-0.2, -0.15) is 0 Å². The summed E-state index contributed by atoms with van der Waals surface area (Å²) >= 11 is 0. The van der Waals surface area contributed by atoms with Gasteiger partial charge in [-0.25, -0.2) is 4.39 Å². The molecule has 210 valence electrons. The van der Waals surface area contributed by atoms with Crippen LogP contribution < -0.4 is 5.32 Å². The lowest BCUT2D eigenvalue weighted by atomic mass is 10.1. The van der Waals surface area contributed by atoms with Crippen LogP contribution in [0, 0.1) is 12.7 Å². The maximum absolute atomic E-state index is 13.8. The molecule has 3 fully saturated rings. The zero-order valence-electron chi connectivity index (χ0n) is 22.9. The Morgan fingerprint density at radius 2 is 1.69 bits per heavy atom. The molecule has 0 aliphatic carbocycles. The van der Waals surface area contributed by atoms with Gasteiger partial charge in [-0.3, -0.25) is 19.4 Å². The smallest absolute Gasteiger partial charge is 0.254 e. The molecule has 2 atom stereocenters. The van der Waals surface area contributed by atoms with Crippen LogP contribution in [0.1, 0.15) is 27.9 Å². The molecular weight excluding hydrogens is 497 g/mol. The van der Waals surface area contributed by atoms with Crippen LogP contribution in [0.3, 0.4) is 0 Å². The van der Waals surface area contributed by atoms with E-state index in [1.54, 1.807) is 4.90 Å². The van der Waals surface area contributed by atoms with Crippen LogP contribution in [-0.4, -0.2) is 116 Å². The Hall–Kier alpha value is -2.85. The highest BCUT2D eigenvalue weighted by Gasteiger charge is 2.43. The number of benzene rings is 2. The summed E-state index contributed by atoms with van der Waals surface area (Å²) in [5.41, 5.74) is 2.85. The van der Waals surface area contributed by atoms with Crippen molar-refractivity contribution in [3.8, 4) is 0 Å². The van der Waals surface area contributed by atoms with E-state index in [2.05, 4.69) is 46.3 Å². The van der Waals surface area contributed by atoms with E-state index in [9.17, 15) is 14.0 Å². The van der Waals surface area contributed by atoms with E-state index >= 15 is 0 Å². The largest absolute Gasteiger partial charge is 0.379 e. The third-order valence-electron chi connectivity index (χ3n) is 8.17. The molecule has 2 unspecified atom stereocenters. The van der Waals surface area contributed by atoms with E-state index in [0.29, 0.717) is 31.6 Å². The molecule has 8 nitrogen and oxygen atoms in total. The summed E-state index contributed by atoms with van der Waals surface area (Å²) < 4.78 is 19.1. The highest BCUT2D eigenvalue weighted by molar-refractivity contribution is 5.98. The Morgan fingerprint density at radius 1 is 1.00 bits per heavy atom. The van der Waals surface area contributed by atoms with Gasteiger partial charge in [0.15, 0.2) is 0 Å². The summed E-state index contributed by atoms with van der Waals surface area (Å²) in [6, 6.07) is 13.7. The molecule has 3 heterocycles. The molecule has 1 N–H and O–H groups in total. The first-order chi connectivity index (χ1) is 19.0. The normalized spacial score (nSPS) is 22.4. The van der Waals surface area contributed by atoms with Gasteiger partial charge < -0.3 is 19.9 Å². The summed E-state index contributed by atoms with van der Waals surface area (Å²) in [6.07, 6.45) is 0.588. The predicted molar refractivity (Wildman–Crippen MR) is 148 cm³/mol. The van der Waals surface area contributed by atoms with Crippen LogP contribution in [0.15, 0.2) is 48.5 Å². The minimum absolute atomic E-state index is 0.0120. The number of halogens is 1. The second-order valence-corrected chi connectivity index (χ2v) is 10.9. The number of hydrogen-bond donors (Lipinski definition) is 1. The number of piperazine rings is 1. The van der Waals surface area contributed by atoms with Crippen molar-refractivity contribution in [3.05, 3.63) is 71.0 Å². The van der Waals surface area contributed by atoms with Gasteiger partial charge in [0.1, 0.15) is 11.9 Å². The van der Waals surface area contributed by atoms with Crippen molar-refractivity contribution in [2.75, 3.05) is 72.1 Å². The number of morpholine rings is 1. The third-order valence-corrected chi connectivity index (χ3v) is 8.17. The zero-order valence-corrected chi connectivity index (χ0v) is 22.9. The Balaban J connectivity index is 1.38. The molecule has 0 radical (unpaired) electrons. The molecule has 3 aliphatic heterocycles. The molecule has 5 rings (SSSR count). The molecule has 0 bridgehead atoms. The first-order valence-corrected chi connectivity index (χ1v) is 14.1. The van der Waals surface area contributed by atoms with Gasteiger partial charge >= 0.3 is 0 Å². The fourth-order valence-corrected chi connectivity index (χ4v) is 5.80. The number of ether oxygens (including phenoxy) is 1. The molecule has 39 heavy (non-hydrogen) atoms. The molecule has 9 heteroatoms. The number of rotatable bonds is 8. The summed E-state index contributed by atoms with van der Waals surface area (Å²) in [7, 11) is 0. The fourth-order valence-electron chi connectivity index (χ4n) is 5.80. The number of carbonyl (C=O) groups is 2. The summed E-state index contributed by atoms with van der Waals surface area (Å²) in [5.74, 6) is -0.584. The van der Waals surface area contributed by atoms with Crippen molar-refractivity contribution in [1.29, 1.82) is 0 Å². The van der Waals surface area contributed by atoms with Crippen molar-refractivity contribution in [2.24, 2.45) is 0 Å². The molecule has 2 amide bonds. The highest BCUT2D eigenvalue weighted by atomic mass is 19.1. The van der Waals surface area contributed by atoms with Crippen LogP contribution in [0.4, 0.5) is 4.39 Å². The SMILES string of the molecule is Cc1ccc(CN(CCN2CCOCC2)C2CC(C(=O)N3CCNCC3)N(C(=O)c3ccc(F)cc3)C2)cc1. The number of likely N-dealkylation sites (tertiary alicyclic amines) is 1. The Bertz CT molecular complexity index is 1100. The van der Waals surface area contributed by atoms with Crippen LogP contribution >= 0.6 is 0 Å². The third kappa shape index (κ3) is 7.03. The van der Waals surface area contributed by atoms with Crippen molar-refractivity contribution in [3.63, 3.8) is 0 Å². The topological polar surface area (TPSA) is 68.4 Å². The number of carbonyl (C=O) groups excluding carboxylic acids is 2. The van der Waals surface area contributed by atoms with Gasteiger partial charge in [-0.1, -0.05) is 29.8 Å². The van der Waals surface area contributed by atoms with Gasteiger partial charge in [-0.15, -0.1) is 0 Å². The molecule has 3 aliphatic rings. The number of hydrogen-bond acceptors (Lipinski definition) is 6. The Kier molecular flexibility index (Phi) is 9.24. The van der Waals surface area contributed by atoms with Gasteiger partial charge in [0.05, 0.1) is 13.2 Å². The van der Waals surface area contributed by atoms with E-state index in [1.807, 2.05) is 4.90 Å². The lowest BCUT2D eigenvalue weighted by Crippen LogP contribution is -2.53. The van der Waals surface area contributed by atoms with Crippen LogP contribution in [0.2, 0.25) is 0 Å². The average molecular weight is 538 g/mol. The first kappa shape index (κ1) is 27.7. The molecular formula is C30H40FN5O3. The van der Waals surface area contributed by atoms with E-state index in [1.165, 1.54) is 35.4 Å². The molecule has 3 saturated heterocycles.